The first-order valence-electron chi connectivity index (χ1n) is 9.19. The summed E-state index contributed by atoms with van der Waals surface area (Å²) >= 11 is 0. The normalized spacial score (nSPS) is 16.2. The molecule has 2 aromatic carbocycles. The summed E-state index contributed by atoms with van der Waals surface area (Å²) in [6.45, 7) is 0. The maximum absolute atomic E-state index is 13.1. The maximum atomic E-state index is 13.1. The van der Waals surface area contributed by atoms with Gasteiger partial charge in [0.2, 0.25) is 0 Å². The van der Waals surface area contributed by atoms with E-state index in [1.807, 2.05) is 0 Å². The van der Waals surface area contributed by atoms with Crippen molar-refractivity contribution < 1.29 is 32.2 Å². The van der Waals surface area contributed by atoms with Crippen molar-refractivity contribution in [3.05, 3.63) is 65.4 Å². The van der Waals surface area contributed by atoms with Crippen molar-refractivity contribution in [3.63, 3.8) is 0 Å². The number of esters is 1. The van der Waals surface area contributed by atoms with E-state index in [0.29, 0.717) is 11.3 Å². The maximum Gasteiger partial charge on any atom is 0.338 e. The Labute approximate surface area is 179 Å². The number of carbonyl (C=O) groups is 2. The number of urea groups is 1. The Balaban J connectivity index is 2.08. The van der Waals surface area contributed by atoms with Gasteiger partial charge in [0.1, 0.15) is 0 Å². The van der Waals surface area contributed by atoms with Crippen LogP contribution in [0.15, 0.2) is 64.7 Å². The van der Waals surface area contributed by atoms with Gasteiger partial charge in [0.25, 0.3) is 0 Å². The summed E-state index contributed by atoms with van der Waals surface area (Å²) in [6.07, 6.45) is 0. The molecule has 0 aromatic heterocycles. The molecule has 0 bridgehead atoms. The molecule has 2 amide bonds. The summed E-state index contributed by atoms with van der Waals surface area (Å²) in [5, 5.41) is 5.10. The highest BCUT2D eigenvalue weighted by Gasteiger charge is 2.35. The fourth-order valence-corrected chi connectivity index (χ4v) is 4.60. The first kappa shape index (κ1) is 22.2. The zero-order chi connectivity index (χ0) is 22.6. The lowest BCUT2D eigenvalue weighted by Crippen LogP contribution is -2.47. The molecule has 10 heteroatoms. The van der Waals surface area contributed by atoms with Crippen LogP contribution >= 0.6 is 0 Å². The summed E-state index contributed by atoms with van der Waals surface area (Å²) < 4.78 is 41.4. The van der Waals surface area contributed by atoms with E-state index >= 15 is 0 Å². The van der Waals surface area contributed by atoms with Crippen LogP contribution in [-0.4, -0.2) is 47.5 Å². The minimum Gasteiger partial charge on any atom is -0.493 e. The number of hydrogen-bond donors (Lipinski definition) is 2. The van der Waals surface area contributed by atoms with Gasteiger partial charge in [-0.3, -0.25) is 0 Å². The van der Waals surface area contributed by atoms with Crippen molar-refractivity contribution in [1.29, 1.82) is 0 Å². The summed E-state index contributed by atoms with van der Waals surface area (Å²) in [5.41, 5.74) is 0.565. The molecule has 31 heavy (non-hydrogen) atoms. The molecular formula is C21H22N2O7S. The SMILES string of the molecule is COC(=O)C1=C(CS(=O)(=O)c2ccc(OC)c(OC)c2)NC(=O)N[C@H]1c1ccccc1. The number of nitrogens with one attached hydrogen (secondary N) is 2. The van der Waals surface area contributed by atoms with Crippen molar-refractivity contribution in [2.75, 3.05) is 27.1 Å². The monoisotopic (exact) mass is 446 g/mol. The summed E-state index contributed by atoms with van der Waals surface area (Å²) in [7, 11) is 0.0546. The number of carbonyl (C=O) groups excluding carboxylic acids is 2. The van der Waals surface area contributed by atoms with Crippen molar-refractivity contribution in [1.82, 2.24) is 10.6 Å². The molecule has 0 spiro atoms. The lowest BCUT2D eigenvalue weighted by Gasteiger charge is -2.29. The Morgan fingerprint density at radius 1 is 1.00 bits per heavy atom. The van der Waals surface area contributed by atoms with Gasteiger partial charge in [0.15, 0.2) is 21.3 Å². The minimum atomic E-state index is -3.96. The largest absolute Gasteiger partial charge is 0.493 e. The van der Waals surface area contributed by atoms with Crippen LogP contribution in [0.4, 0.5) is 4.79 Å². The van der Waals surface area contributed by atoms with Gasteiger partial charge in [-0.25, -0.2) is 18.0 Å². The van der Waals surface area contributed by atoms with Crippen molar-refractivity contribution in [2.45, 2.75) is 10.9 Å². The molecule has 0 aliphatic carbocycles. The molecule has 0 fully saturated rings. The molecule has 0 saturated carbocycles. The highest BCUT2D eigenvalue weighted by Crippen LogP contribution is 2.32. The van der Waals surface area contributed by atoms with E-state index < -0.39 is 33.6 Å². The van der Waals surface area contributed by atoms with Crippen LogP contribution in [0.2, 0.25) is 0 Å². The smallest absolute Gasteiger partial charge is 0.338 e. The molecule has 0 radical (unpaired) electrons. The molecule has 9 nitrogen and oxygen atoms in total. The Bertz CT molecular complexity index is 1130. The molecule has 1 atom stereocenters. The number of amides is 2. The third-order valence-corrected chi connectivity index (χ3v) is 6.38. The van der Waals surface area contributed by atoms with E-state index in [1.165, 1.54) is 39.5 Å². The van der Waals surface area contributed by atoms with E-state index in [0.717, 1.165) is 0 Å². The van der Waals surface area contributed by atoms with Crippen LogP contribution in [0.5, 0.6) is 11.5 Å². The van der Waals surface area contributed by atoms with E-state index in [1.54, 1.807) is 30.3 Å². The van der Waals surface area contributed by atoms with E-state index in [4.69, 9.17) is 14.2 Å². The number of rotatable bonds is 7. The molecule has 2 aromatic rings. The van der Waals surface area contributed by atoms with Gasteiger partial charge in [-0.1, -0.05) is 30.3 Å². The first-order valence-corrected chi connectivity index (χ1v) is 10.8. The van der Waals surface area contributed by atoms with Gasteiger partial charge in [-0.15, -0.1) is 0 Å². The predicted octanol–water partition coefficient (Wildman–Crippen LogP) is 1.96. The molecular weight excluding hydrogens is 424 g/mol. The Morgan fingerprint density at radius 3 is 2.29 bits per heavy atom. The second-order valence-electron chi connectivity index (χ2n) is 6.60. The third kappa shape index (κ3) is 4.64. The average molecular weight is 446 g/mol. The highest BCUT2D eigenvalue weighted by molar-refractivity contribution is 7.91. The minimum absolute atomic E-state index is 0.0114. The highest BCUT2D eigenvalue weighted by atomic mass is 32.2. The quantitative estimate of drug-likeness (QED) is 0.624. The van der Waals surface area contributed by atoms with Crippen molar-refractivity contribution >= 4 is 21.8 Å². The first-order chi connectivity index (χ1) is 14.8. The average Bonchev–Trinajstić information content (AvgIpc) is 2.78. The van der Waals surface area contributed by atoms with E-state index in [-0.39, 0.29) is 21.9 Å². The lowest BCUT2D eigenvalue weighted by molar-refractivity contribution is -0.136. The van der Waals surface area contributed by atoms with Gasteiger partial charge in [-0.05, 0) is 17.7 Å². The van der Waals surface area contributed by atoms with Gasteiger partial charge in [0, 0.05) is 11.8 Å². The van der Waals surface area contributed by atoms with Crippen LogP contribution in [-0.2, 0) is 19.4 Å². The number of ether oxygens (including phenoxy) is 3. The molecule has 0 unspecified atom stereocenters. The standard InChI is InChI=1S/C21H22N2O7S/c1-28-16-10-9-14(11-17(16)29-2)31(26,27)12-15-18(20(24)30-3)19(23-21(25)22-15)13-7-5-4-6-8-13/h4-11,19H,12H2,1-3H3,(H2,22,23,25)/t19-/m0/s1. The lowest BCUT2D eigenvalue weighted by atomic mass is 9.96. The third-order valence-electron chi connectivity index (χ3n) is 4.74. The molecule has 1 aliphatic rings. The molecule has 2 N–H and O–H groups in total. The van der Waals surface area contributed by atoms with E-state index in [2.05, 4.69) is 10.6 Å². The molecule has 164 valence electrons. The number of benzene rings is 2. The van der Waals surface area contributed by atoms with Crippen LogP contribution in [0.3, 0.4) is 0 Å². The van der Waals surface area contributed by atoms with E-state index in [9.17, 15) is 18.0 Å². The summed E-state index contributed by atoms with van der Waals surface area (Å²) in [4.78, 5) is 24.8. The van der Waals surface area contributed by atoms with Gasteiger partial charge in [0.05, 0.1) is 43.6 Å². The second-order valence-corrected chi connectivity index (χ2v) is 8.59. The fourth-order valence-electron chi connectivity index (χ4n) is 3.26. The number of methoxy groups -OCH3 is 3. The van der Waals surface area contributed by atoms with Gasteiger partial charge >= 0.3 is 12.0 Å². The van der Waals surface area contributed by atoms with Crippen LogP contribution in [0.25, 0.3) is 0 Å². The van der Waals surface area contributed by atoms with Crippen LogP contribution in [0, 0.1) is 0 Å². The zero-order valence-corrected chi connectivity index (χ0v) is 18.0. The molecule has 1 heterocycles. The Hall–Kier alpha value is -3.53. The van der Waals surface area contributed by atoms with Crippen LogP contribution < -0.4 is 20.1 Å². The van der Waals surface area contributed by atoms with Crippen molar-refractivity contribution in [2.24, 2.45) is 0 Å². The fraction of sp³-hybridized carbons (Fsp3) is 0.238. The topological polar surface area (TPSA) is 120 Å². The van der Waals surface area contributed by atoms with Crippen molar-refractivity contribution in [3.8, 4) is 11.5 Å². The zero-order valence-electron chi connectivity index (χ0n) is 17.2. The molecule has 1 aliphatic heterocycles. The summed E-state index contributed by atoms with van der Waals surface area (Å²) in [5.74, 6) is -0.764. The molecule has 3 rings (SSSR count). The predicted molar refractivity (Wildman–Crippen MR) is 111 cm³/mol. The summed E-state index contributed by atoms with van der Waals surface area (Å²) in [6, 6.07) is 11.4. The van der Waals surface area contributed by atoms with Gasteiger partial charge in [-0.2, -0.15) is 0 Å². The number of sulfone groups is 1. The molecule has 0 saturated heterocycles. The Morgan fingerprint density at radius 2 is 1.68 bits per heavy atom. The number of hydrogen-bond acceptors (Lipinski definition) is 7. The van der Waals surface area contributed by atoms with Gasteiger partial charge < -0.3 is 24.8 Å². The second kappa shape index (κ2) is 9.09. The Kier molecular flexibility index (Phi) is 6.50. The van der Waals surface area contributed by atoms with Crippen LogP contribution in [0.1, 0.15) is 11.6 Å².